The summed E-state index contributed by atoms with van der Waals surface area (Å²) >= 11 is 0. The fourth-order valence-electron chi connectivity index (χ4n) is 2.46. The summed E-state index contributed by atoms with van der Waals surface area (Å²) in [4.78, 5) is 23.9. The Morgan fingerprint density at radius 2 is 1.69 bits per heavy atom. The Hall–Kier alpha value is -2.82. The lowest BCUT2D eigenvalue weighted by Crippen LogP contribution is -2.13. The molecule has 0 atom stereocenters. The SMILES string of the molecule is CCCCCCOc1ccc(NC(=O)c2cccc(C(=O)OC)c2)cc1. The lowest BCUT2D eigenvalue weighted by atomic mass is 10.1. The van der Waals surface area contributed by atoms with E-state index in [4.69, 9.17) is 4.74 Å². The van der Waals surface area contributed by atoms with E-state index >= 15 is 0 Å². The molecule has 0 fully saturated rings. The van der Waals surface area contributed by atoms with E-state index in [-0.39, 0.29) is 5.91 Å². The molecule has 0 radical (unpaired) electrons. The van der Waals surface area contributed by atoms with E-state index in [1.807, 2.05) is 12.1 Å². The standard InChI is InChI=1S/C21H25NO4/c1-3-4-5-6-14-26-19-12-10-18(11-13-19)22-20(23)16-8-7-9-17(15-16)21(24)25-2/h7-13,15H,3-6,14H2,1-2H3,(H,22,23). The van der Waals surface area contributed by atoms with E-state index in [9.17, 15) is 9.59 Å². The maximum Gasteiger partial charge on any atom is 0.337 e. The van der Waals surface area contributed by atoms with Crippen molar-refractivity contribution in [3.8, 4) is 5.75 Å². The van der Waals surface area contributed by atoms with Crippen LogP contribution >= 0.6 is 0 Å². The van der Waals surface area contributed by atoms with Crippen LogP contribution in [0.4, 0.5) is 5.69 Å². The number of amides is 1. The summed E-state index contributed by atoms with van der Waals surface area (Å²) in [6.45, 7) is 2.88. The fraction of sp³-hybridized carbons (Fsp3) is 0.333. The summed E-state index contributed by atoms with van der Waals surface area (Å²) in [5.41, 5.74) is 1.40. The van der Waals surface area contributed by atoms with Gasteiger partial charge in [0.25, 0.3) is 5.91 Å². The van der Waals surface area contributed by atoms with Gasteiger partial charge in [-0.2, -0.15) is 0 Å². The number of benzene rings is 2. The molecular weight excluding hydrogens is 330 g/mol. The van der Waals surface area contributed by atoms with Crippen LogP contribution in [-0.4, -0.2) is 25.6 Å². The zero-order chi connectivity index (χ0) is 18.8. The summed E-state index contributed by atoms with van der Waals surface area (Å²) in [5.74, 6) is 0.0243. The Labute approximate surface area is 154 Å². The van der Waals surface area contributed by atoms with Gasteiger partial charge in [-0.25, -0.2) is 4.79 Å². The highest BCUT2D eigenvalue weighted by Gasteiger charge is 2.11. The van der Waals surface area contributed by atoms with Crippen LogP contribution in [0.1, 0.15) is 53.3 Å². The minimum atomic E-state index is -0.472. The van der Waals surface area contributed by atoms with Gasteiger partial charge in [-0.3, -0.25) is 4.79 Å². The number of unbranched alkanes of at least 4 members (excludes halogenated alkanes) is 3. The number of carbonyl (C=O) groups is 2. The van der Waals surface area contributed by atoms with Gasteiger partial charge in [0.1, 0.15) is 5.75 Å². The van der Waals surface area contributed by atoms with Gasteiger partial charge < -0.3 is 14.8 Å². The van der Waals surface area contributed by atoms with Gasteiger partial charge in [0, 0.05) is 11.3 Å². The molecule has 26 heavy (non-hydrogen) atoms. The van der Waals surface area contributed by atoms with Crippen molar-refractivity contribution in [2.75, 3.05) is 19.0 Å². The molecule has 138 valence electrons. The lowest BCUT2D eigenvalue weighted by Gasteiger charge is -2.09. The summed E-state index contributed by atoms with van der Waals surface area (Å²) in [5, 5.41) is 2.81. The smallest absolute Gasteiger partial charge is 0.337 e. The molecule has 0 spiro atoms. The first-order chi connectivity index (χ1) is 12.6. The molecule has 0 saturated heterocycles. The average Bonchev–Trinajstić information content (AvgIpc) is 2.68. The molecule has 0 unspecified atom stereocenters. The van der Waals surface area contributed by atoms with Crippen LogP contribution in [0.2, 0.25) is 0 Å². The molecule has 2 aromatic carbocycles. The third-order valence-corrected chi connectivity index (χ3v) is 3.92. The summed E-state index contributed by atoms with van der Waals surface area (Å²) in [6.07, 6.45) is 4.65. The fourth-order valence-corrected chi connectivity index (χ4v) is 2.46. The van der Waals surface area contributed by atoms with Crippen LogP contribution in [0, 0.1) is 0 Å². The third-order valence-electron chi connectivity index (χ3n) is 3.92. The van der Waals surface area contributed by atoms with E-state index in [1.165, 1.54) is 32.4 Å². The number of carbonyl (C=O) groups excluding carboxylic acids is 2. The normalized spacial score (nSPS) is 10.2. The van der Waals surface area contributed by atoms with E-state index in [0.717, 1.165) is 12.2 Å². The van der Waals surface area contributed by atoms with Gasteiger partial charge in [-0.05, 0) is 48.9 Å². The number of esters is 1. The van der Waals surface area contributed by atoms with Gasteiger partial charge in [-0.15, -0.1) is 0 Å². The molecule has 0 aromatic heterocycles. The topological polar surface area (TPSA) is 64.6 Å². The largest absolute Gasteiger partial charge is 0.494 e. The number of rotatable bonds is 9. The second-order valence-electron chi connectivity index (χ2n) is 5.96. The minimum Gasteiger partial charge on any atom is -0.494 e. The van der Waals surface area contributed by atoms with Crippen molar-refractivity contribution < 1.29 is 19.1 Å². The Morgan fingerprint density at radius 3 is 2.38 bits per heavy atom. The highest BCUT2D eigenvalue weighted by molar-refractivity contribution is 6.05. The molecular formula is C21H25NO4. The predicted molar refractivity (Wildman–Crippen MR) is 102 cm³/mol. The zero-order valence-corrected chi connectivity index (χ0v) is 15.3. The molecule has 0 aliphatic rings. The Morgan fingerprint density at radius 1 is 0.962 bits per heavy atom. The van der Waals surface area contributed by atoms with E-state index < -0.39 is 5.97 Å². The van der Waals surface area contributed by atoms with E-state index in [1.54, 1.807) is 30.3 Å². The Bertz CT molecular complexity index is 725. The van der Waals surface area contributed by atoms with Gasteiger partial charge in [0.15, 0.2) is 0 Å². The van der Waals surface area contributed by atoms with Crippen molar-refractivity contribution >= 4 is 17.6 Å². The molecule has 0 aliphatic carbocycles. The molecule has 2 aromatic rings. The summed E-state index contributed by atoms with van der Waals surface area (Å²) < 4.78 is 10.4. The van der Waals surface area contributed by atoms with Gasteiger partial charge in [0.2, 0.25) is 0 Å². The number of ether oxygens (including phenoxy) is 2. The van der Waals surface area contributed by atoms with Crippen LogP contribution in [0.3, 0.4) is 0 Å². The first-order valence-electron chi connectivity index (χ1n) is 8.86. The first-order valence-corrected chi connectivity index (χ1v) is 8.86. The molecule has 0 heterocycles. The van der Waals surface area contributed by atoms with Crippen molar-refractivity contribution in [3.63, 3.8) is 0 Å². The molecule has 0 bridgehead atoms. The maximum atomic E-state index is 12.3. The second kappa shape index (κ2) is 10.2. The molecule has 5 nitrogen and oxygen atoms in total. The minimum absolute atomic E-state index is 0.288. The molecule has 1 N–H and O–H groups in total. The number of hydrogen-bond donors (Lipinski definition) is 1. The van der Waals surface area contributed by atoms with Crippen molar-refractivity contribution in [1.82, 2.24) is 0 Å². The van der Waals surface area contributed by atoms with Crippen molar-refractivity contribution in [2.24, 2.45) is 0 Å². The van der Waals surface area contributed by atoms with Gasteiger partial charge in [0.05, 0.1) is 19.3 Å². The number of nitrogens with one attached hydrogen (secondary N) is 1. The molecule has 0 aliphatic heterocycles. The van der Waals surface area contributed by atoms with Crippen LogP contribution in [0.15, 0.2) is 48.5 Å². The Balaban J connectivity index is 1.90. The number of anilines is 1. The molecule has 2 rings (SSSR count). The Kier molecular flexibility index (Phi) is 7.68. The van der Waals surface area contributed by atoms with Crippen LogP contribution < -0.4 is 10.1 Å². The van der Waals surface area contributed by atoms with Crippen LogP contribution in [-0.2, 0) is 4.74 Å². The molecule has 0 saturated carbocycles. The predicted octanol–water partition coefficient (Wildman–Crippen LogP) is 4.68. The zero-order valence-electron chi connectivity index (χ0n) is 15.3. The second-order valence-corrected chi connectivity index (χ2v) is 5.96. The van der Waals surface area contributed by atoms with E-state index in [0.29, 0.717) is 23.4 Å². The third kappa shape index (κ3) is 5.92. The maximum absolute atomic E-state index is 12.3. The average molecular weight is 355 g/mol. The quantitative estimate of drug-likeness (QED) is 0.524. The monoisotopic (exact) mass is 355 g/mol. The highest BCUT2D eigenvalue weighted by atomic mass is 16.5. The van der Waals surface area contributed by atoms with Crippen molar-refractivity contribution in [1.29, 1.82) is 0 Å². The molecule has 5 heteroatoms. The van der Waals surface area contributed by atoms with Crippen LogP contribution in [0.5, 0.6) is 5.75 Å². The lowest BCUT2D eigenvalue weighted by molar-refractivity contribution is 0.0600. The summed E-state index contributed by atoms with van der Waals surface area (Å²) in [7, 11) is 1.31. The van der Waals surface area contributed by atoms with E-state index in [2.05, 4.69) is 17.0 Å². The van der Waals surface area contributed by atoms with Gasteiger partial charge >= 0.3 is 5.97 Å². The summed E-state index contributed by atoms with van der Waals surface area (Å²) in [6, 6.07) is 13.7. The molecule has 1 amide bonds. The number of hydrogen-bond acceptors (Lipinski definition) is 4. The van der Waals surface area contributed by atoms with Crippen molar-refractivity contribution in [2.45, 2.75) is 32.6 Å². The van der Waals surface area contributed by atoms with Crippen LogP contribution in [0.25, 0.3) is 0 Å². The van der Waals surface area contributed by atoms with Crippen molar-refractivity contribution in [3.05, 3.63) is 59.7 Å². The van der Waals surface area contributed by atoms with Gasteiger partial charge in [-0.1, -0.05) is 32.3 Å². The highest BCUT2D eigenvalue weighted by Crippen LogP contribution is 2.17. The number of methoxy groups -OCH3 is 1. The first kappa shape index (κ1) is 19.5.